The van der Waals surface area contributed by atoms with Crippen LogP contribution in [0.15, 0.2) is 0 Å². The van der Waals surface area contributed by atoms with E-state index in [1.165, 1.54) is 52.4 Å². The number of ketones is 2. The molecule has 0 aromatic rings. The first-order valence-electron chi connectivity index (χ1n) is 9.46. The third-order valence-corrected chi connectivity index (χ3v) is 5.80. The van der Waals surface area contributed by atoms with Crippen LogP contribution in [0.5, 0.6) is 0 Å². The molecule has 0 spiro atoms. The summed E-state index contributed by atoms with van der Waals surface area (Å²) in [6.07, 6.45) is 9.43. The number of Topliss-reactive ketones (excluding diaryl/α,β-unsaturated/α-hetero) is 2. The van der Waals surface area contributed by atoms with E-state index in [1.807, 2.05) is 0 Å². The summed E-state index contributed by atoms with van der Waals surface area (Å²) in [6.45, 7) is 7.41. The number of hydrogen-bond donors (Lipinski definition) is 1. The molecule has 3 unspecified atom stereocenters. The van der Waals surface area contributed by atoms with E-state index >= 15 is 0 Å². The fraction of sp³-hybridized carbons (Fsp3) is 0.840. The van der Waals surface area contributed by atoms with Gasteiger partial charge in [0.05, 0.1) is 5.92 Å². The number of rotatable bonds is 5. The topological polar surface area (TPSA) is 106 Å². The van der Waals surface area contributed by atoms with Crippen molar-refractivity contribution in [3.8, 4) is 0 Å². The first-order chi connectivity index (χ1) is 12.2. The molecule has 1 N–H and O–H groups in total. The van der Waals surface area contributed by atoms with Crippen molar-refractivity contribution in [1.82, 2.24) is 0 Å². The van der Waals surface area contributed by atoms with Gasteiger partial charge in [-0.1, -0.05) is 89.5 Å². The summed E-state index contributed by atoms with van der Waals surface area (Å²) >= 11 is 0. The first-order valence-corrected chi connectivity index (χ1v) is 9.46. The van der Waals surface area contributed by atoms with E-state index in [0.717, 1.165) is 11.8 Å². The van der Waals surface area contributed by atoms with E-state index in [2.05, 4.69) is 13.8 Å². The van der Waals surface area contributed by atoms with E-state index in [0.29, 0.717) is 6.42 Å². The van der Waals surface area contributed by atoms with Gasteiger partial charge in [0.25, 0.3) is 0 Å². The molecule has 0 amide bonds. The second-order valence-electron chi connectivity index (χ2n) is 7.32. The van der Waals surface area contributed by atoms with Crippen LogP contribution in [-0.4, -0.2) is 28.8 Å². The standard InChI is InChI=1S/C10H20.C9H12O4.CO2.5CH4.Y/c1-3-9-5-7-10(4-2)8-6-9;1-4(10)6-3-7(9(12)13)8(6)5(2)11;2-1-3;;;;;;/h9-10H,3-8H2,1-2H3;6-8H,3H2,1-2H3,(H,12,13);;5*1H4;. The molecule has 0 aromatic carbocycles. The third-order valence-electron chi connectivity index (χ3n) is 5.80. The Bertz CT molecular complexity index is 475. The van der Waals surface area contributed by atoms with Gasteiger partial charge in [-0.3, -0.25) is 14.4 Å². The fourth-order valence-electron chi connectivity index (χ4n) is 3.94. The van der Waals surface area contributed by atoms with Gasteiger partial charge in [0.1, 0.15) is 11.6 Å². The summed E-state index contributed by atoms with van der Waals surface area (Å²) in [6, 6.07) is 0. The van der Waals surface area contributed by atoms with E-state index < -0.39 is 17.8 Å². The Morgan fingerprint density at radius 2 is 1.06 bits per heavy atom. The molecule has 0 bridgehead atoms. The molecule has 3 atom stereocenters. The van der Waals surface area contributed by atoms with E-state index in [9.17, 15) is 14.4 Å². The zero-order valence-corrected chi connectivity index (χ0v) is 19.7. The smallest absolute Gasteiger partial charge is 0.373 e. The molecule has 0 heterocycles. The molecule has 0 aliphatic heterocycles. The van der Waals surface area contributed by atoms with Gasteiger partial charge >= 0.3 is 12.1 Å². The molecule has 2 saturated carbocycles. The molecule has 2 aliphatic rings. The zero-order chi connectivity index (χ0) is 20.3. The number of carboxylic acids is 1. The van der Waals surface area contributed by atoms with Crippen LogP contribution in [0.1, 0.15) is 110 Å². The number of carboxylic acid groups (broad SMARTS) is 1. The van der Waals surface area contributed by atoms with Gasteiger partial charge in [-0.05, 0) is 32.1 Å². The maximum atomic E-state index is 11.0. The molecule has 1 radical (unpaired) electrons. The number of aliphatic carboxylic acids is 1. The summed E-state index contributed by atoms with van der Waals surface area (Å²) in [5, 5.41) is 8.69. The van der Waals surface area contributed by atoms with Crippen molar-refractivity contribution < 1.29 is 61.8 Å². The summed E-state index contributed by atoms with van der Waals surface area (Å²) in [7, 11) is 0. The summed E-state index contributed by atoms with van der Waals surface area (Å²) in [4.78, 5) is 48.9. The summed E-state index contributed by atoms with van der Waals surface area (Å²) in [5.41, 5.74) is 0. The van der Waals surface area contributed by atoms with Crippen molar-refractivity contribution in [2.75, 3.05) is 0 Å². The van der Waals surface area contributed by atoms with Crippen LogP contribution in [0.2, 0.25) is 0 Å². The Hall–Kier alpha value is -0.706. The van der Waals surface area contributed by atoms with Crippen LogP contribution in [0.4, 0.5) is 0 Å². The minimum absolute atomic E-state index is 0. The Labute approximate surface area is 224 Å². The maximum Gasteiger partial charge on any atom is 0.373 e. The van der Waals surface area contributed by atoms with Gasteiger partial charge in [0.15, 0.2) is 0 Å². The molecule has 0 aromatic heterocycles. The van der Waals surface area contributed by atoms with Gasteiger partial charge < -0.3 is 5.11 Å². The van der Waals surface area contributed by atoms with Crippen LogP contribution < -0.4 is 0 Å². The van der Waals surface area contributed by atoms with Gasteiger partial charge in [0.2, 0.25) is 0 Å². The van der Waals surface area contributed by atoms with Gasteiger partial charge in [-0.2, -0.15) is 9.59 Å². The largest absolute Gasteiger partial charge is 0.481 e. The second-order valence-corrected chi connectivity index (χ2v) is 7.32. The Morgan fingerprint density at radius 3 is 1.25 bits per heavy atom. The predicted molar refractivity (Wildman–Crippen MR) is 129 cm³/mol. The van der Waals surface area contributed by atoms with E-state index in [-0.39, 0.29) is 93.5 Å². The fourth-order valence-corrected chi connectivity index (χ4v) is 3.94. The van der Waals surface area contributed by atoms with Crippen molar-refractivity contribution in [2.24, 2.45) is 29.6 Å². The van der Waals surface area contributed by atoms with Gasteiger partial charge in [-0.15, -0.1) is 0 Å². The Morgan fingerprint density at radius 1 is 0.750 bits per heavy atom. The molecule has 0 saturated heterocycles. The molecule has 2 fully saturated rings. The minimum Gasteiger partial charge on any atom is -0.481 e. The number of carbonyl (C=O) groups is 3. The quantitative estimate of drug-likeness (QED) is 0.418. The van der Waals surface area contributed by atoms with Crippen LogP contribution in [0.25, 0.3) is 0 Å². The van der Waals surface area contributed by atoms with Crippen molar-refractivity contribution in [3.63, 3.8) is 0 Å². The predicted octanol–water partition coefficient (Wildman–Crippen LogP) is 6.71. The minimum atomic E-state index is -0.974. The molecule has 191 valence electrons. The Kier molecular flexibility index (Phi) is 40.4. The van der Waals surface area contributed by atoms with E-state index in [4.69, 9.17) is 14.7 Å². The average Bonchev–Trinajstić information content (AvgIpc) is 2.54. The first kappa shape index (κ1) is 48.7. The maximum absolute atomic E-state index is 11.0. The third kappa shape index (κ3) is 16.9. The Balaban J connectivity index is -0.0000000604. The number of carbonyl (C=O) groups excluding carboxylic acids is 4. The normalized spacial score (nSPS) is 23.9. The van der Waals surface area contributed by atoms with Crippen molar-refractivity contribution >= 4 is 23.7 Å². The monoisotopic (exact) mass is 537 g/mol. The van der Waals surface area contributed by atoms with Crippen molar-refractivity contribution in [3.05, 3.63) is 0 Å². The van der Waals surface area contributed by atoms with Crippen LogP contribution in [0.3, 0.4) is 0 Å². The molecular weight excluding hydrogens is 485 g/mol. The zero-order valence-electron chi connectivity index (χ0n) is 16.9. The molecule has 2 rings (SSSR count). The van der Waals surface area contributed by atoms with Crippen LogP contribution in [-0.2, 0) is 56.7 Å². The molecular formula is C25H52O6Y. The molecule has 2 aliphatic carbocycles. The van der Waals surface area contributed by atoms with E-state index in [1.54, 1.807) is 0 Å². The summed E-state index contributed by atoms with van der Waals surface area (Å²) < 4.78 is 0. The molecule has 6 nitrogen and oxygen atoms in total. The number of hydrogen-bond acceptors (Lipinski definition) is 5. The second kappa shape index (κ2) is 26.5. The molecule has 32 heavy (non-hydrogen) atoms. The molecule has 7 heteroatoms. The van der Waals surface area contributed by atoms with Crippen LogP contribution >= 0.6 is 0 Å². The SMILES string of the molecule is C.C.C.C.C.CC(=O)C1CC(C(=O)O)C1C(C)=O.CCC1CCC(CC)CC1.O=C=O.[Y]. The van der Waals surface area contributed by atoms with Crippen molar-refractivity contribution in [1.29, 1.82) is 0 Å². The average molecular weight is 538 g/mol. The van der Waals surface area contributed by atoms with Crippen molar-refractivity contribution in [2.45, 2.75) is 110 Å². The van der Waals surface area contributed by atoms with Crippen LogP contribution in [0, 0.1) is 29.6 Å². The summed E-state index contributed by atoms with van der Waals surface area (Å²) in [5.74, 6) is -0.708. The van der Waals surface area contributed by atoms with Gasteiger partial charge in [-0.25, -0.2) is 0 Å². The van der Waals surface area contributed by atoms with Gasteiger partial charge in [0, 0.05) is 44.5 Å².